The average Bonchev–Trinajstić information content (AvgIpc) is 3.05. The van der Waals surface area contributed by atoms with Gasteiger partial charge in [0.15, 0.2) is 0 Å². The lowest BCUT2D eigenvalue weighted by molar-refractivity contribution is -0.00214. The van der Waals surface area contributed by atoms with Crippen LogP contribution >= 0.6 is 11.6 Å². The number of piperazine rings is 1. The van der Waals surface area contributed by atoms with Gasteiger partial charge in [-0.2, -0.15) is 0 Å². The molecule has 0 saturated carbocycles. The number of nitrogens with zero attached hydrogens (tertiary/aromatic N) is 4. The first-order chi connectivity index (χ1) is 13.9. The van der Waals surface area contributed by atoms with E-state index in [4.69, 9.17) is 20.8 Å². The first kappa shape index (κ1) is 19.9. The van der Waals surface area contributed by atoms with Gasteiger partial charge in [-0.15, -0.1) is 5.10 Å². The number of carbonyl (C=O) groups is 1. The Balaban J connectivity index is 1.47. The summed E-state index contributed by atoms with van der Waals surface area (Å²) in [6.45, 7) is 7.70. The summed E-state index contributed by atoms with van der Waals surface area (Å²) in [5.74, 6) is 0.740. The van der Waals surface area contributed by atoms with Gasteiger partial charge in [0.25, 0.3) is 0 Å². The normalized spacial score (nSPS) is 20.5. The van der Waals surface area contributed by atoms with Gasteiger partial charge in [0.05, 0.1) is 19.1 Å². The van der Waals surface area contributed by atoms with Crippen LogP contribution in [0, 0.1) is 6.92 Å². The maximum Gasteiger partial charge on any atom is 0.407 e. The number of benzene rings is 1. The second-order valence-electron chi connectivity index (χ2n) is 7.60. The van der Waals surface area contributed by atoms with Crippen LogP contribution < -0.4 is 5.32 Å². The summed E-state index contributed by atoms with van der Waals surface area (Å²) < 4.78 is 10.9. The van der Waals surface area contributed by atoms with Gasteiger partial charge in [0.2, 0.25) is 5.89 Å². The maximum atomic E-state index is 11.3. The predicted octanol–water partition coefficient (Wildman–Crippen LogP) is 3.07. The van der Waals surface area contributed by atoms with Crippen molar-refractivity contribution in [2.24, 2.45) is 0 Å². The third-order valence-corrected chi connectivity index (χ3v) is 5.72. The monoisotopic (exact) mass is 421 g/mol. The van der Waals surface area contributed by atoms with Crippen molar-refractivity contribution in [3.63, 3.8) is 0 Å². The quantitative estimate of drug-likeness (QED) is 0.759. The smallest absolute Gasteiger partial charge is 0.407 e. The second-order valence-corrected chi connectivity index (χ2v) is 8.04. The fourth-order valence-corrected chi connectivity index (χ4v) is 3.92. The van der Waals surface area contributed by atoms with Crippen molar-refractivity contribution in [1.29, 1.82) is 0 Å². The van der Waals surface area contributed by atoms with E-state index < -0.39 is 6.09 Å². The molecule has 10 heteroatoms. The van der Waals surface area contributed by atoms with Crippen molar-refractivity contribution in [2.75, 3.05) is 38.2 Å². The van der Waals surface area contributed by atoms with Crippen molar-refractivity contribution in [1.82, 2.24) is 20.0 Å². The lowest BCUT2D eigenvalue weighted by Gasteiger charge is -2.38. The molecule has 9 nitrogen and oxygen atoms in total. The summed E-state index contributed by atoms with van der Waals surface area (Å²) in [4.78, 5) is 15.0. The highest BCUT2D eigenvalue weighted by molar-refractivity contribution is 6.31. The Kier molecular flexibility index (Phi) is 5.62. The van der Waals surface area contributed by atoms with E-state index in [1.54, 1.807) is 0 Å². The van der Waals surface area contributed by atoms with Crippen LogP contribution in [0.1, 0.15) is 29.9 Å². The van der Waals surface area contributed by atoms with Crippen molar-refractivity contribution < 1.29 is 19.1 Å². The minimum Gasteiger partial charge on any atom is -0.465 e. The van der Waals surface area contributed by atoms with Gasteiger partial charge in [-0.3, -0.25) is 4.90 Å². The zero-order valence-electron chi connectivity index (χ0n) is 16.4. The molecule has 3 heterocycles. The van der Waals surface area contributed by atoms with E-state index in [1.165, 1.54) is 4.90 Å². The van der Waals surface area contributed by atoms with Crippen molar-refractivity contribution >= 4 is 29.4 Å². The number of amides is 1. The standard InChI is InChI=1S/C19H24ClN5O4/c1-11-7-24(3-4-25(11)19(26)27)8-13-5-15(20)6-16(12(13)2)21-18-23-22-17(29-18)14-9-28-10-14/h5-6,11,14H,3-4,7-10H2,1-2H3,(H,21,23)(H,26,27)/t11-/m0/s1. The highest BCUT2D eigenvalue weighted by Crippen LogP contribution is 2.30. The lowest BCUT2D eigenvalue weighted by atomic mass is 10.0. The Morgan fingerprint density at radius 1 is 1.34 bits per heavy atom. The Morgan fingerprint density at radius 2 is 2.14 bits per heavy atom. The lowest BCUT2D eigenvalue weighted by Crippen LogP contribution is -2.53. The molecular formula is C19H24ClN5O4. The molecule has 0 spiro atoms. The van der Waals surface area contributed by atoms with E-state index >= 15 is 0 Å². The van der Waals surface area contributed by atoms with E-state index in [0.717, 1.165) is 16.8 Å². The number of carboxylic acid groups (broad SMARTS) is 1. The molecule has 1 atom stereocenters. The molecule has 2 saturated heterocycles. The molecule has 0 radical (unpaired) electrons. The van der Waals surface area contributed by atoms with Crippen LogP contribution in [0.15, 0.2) is 16.5 Å². The van der Waals surface area contributed by atoms with Gasteiger partial charge in [0.1, 0.15) is 0 Å². The molecular weight excluding hydrogens is 398 g/mol. The average molecular weight is 422 g/mol. The molecule has 1 aromatic carbocycles. The molecule has 156 valence electrons. The van der Waals surface area contributed by atoms with Gasteiger partial charge < -0.3 is 24.5 Å². The van der Waals surface area contributed by atoms with Gasteiger partial charge in [0, 0.05) is 42.9 Å². The molecule has 2 aromatic rings. The zero-order chi connectivity index (χ0) is 20.5. The molecule has 29 heavy (non-hydrogen) atoms. The predicted molar refractivity (Wildman–Crippen MR) is 107 cm³/mol. The number of halogens is 1. The first-order valence-corrected chi connectivity index (χ1v) is 9.97. The van der Waals surface area contributed by atoms with Gasteiger partial charge in [-0.25, -0.2) is 4.79 Å². The Labute approximate surface area is 173 Å². The van der Waals surface area contributed by atoms with E-state index in [-0.39, 0.29) is 12.0 Å². The summed E-state index contributed by atoms with van der Waals surface area (Å²) in [5, 5.41) is 21.2. The number of nitrogens with one attached hydrogen (secondary N) is 1. The van der Waals surface area contributed by atoms with Crippen LogP contribution in [0.5, 0.6) is 0 Å². The van der Waals surface area contributed by atoms with Crippen LogP contribution in [-0.2, 0) is 11.3 Å². The fraction of sp³-hybridized carbons (Fsp3) is 0.526. The van der Waals surface area contributed by atoms with Crippen LogP contribution in [0.4, 0.5) is 16.5 Å². The Bertz CT molecular complexity index is 901. The largest absolute Gasteiger partial charge is 0.465 e. The molecule has 0 aliphatic carbocycles. The van der Waals surface area contributed by atoms with Gasteiger partial charge in [-0.05, 0) is 37.1 Å². The number of hydrogen-bond acceptors (Lipinski definition) is 7. The number of anilines is 2. The molecule has 0 bridgehead atoms. The summed E-state index contributed by atoms with van der Waals surface area (Å²) >= 11 is 6.36. The molecule has 1 aromatic heterocycles. The van der Waals surface area contributed by atoms with E-state index in [2.05, 4.69) is 20.4 Å². The first-order valence-electron chi connectivity index (χ1n) is 9.60. The van der Waals surface area contributed by atoms with Crippen LogP contribution in [0.2, 0.25) is 5.02 Å². The SMILES string of the molecule is Cc1c(CN2CCN(C(=O)O)[C@@H](C)C2)cc(Cl)cc1Nc1nnc(C2COC2)o1. The van der Waals surface area contributed by atoms with Crippen molar-refractivity contribution in [3.8, 4) is 0 Å². The Morgan fingerprint density at radius 3 is 2.79 bits per heavy atom. The molecule has 1 amide bonds. The zero-order valence-corrected chi connectivity index (χ0v) is 17.1. The number of rotatable bonds is 5. The van der Waals surface area contributed by atoms with Crippen LogP contribution in [-0.4, -0.2) is 70.1 Å². The van der Waals surface area contributed by atoms with E-state index in [0.29, 0.717) is 56.3 Å². The van der Waals surface area contributed by atoms with E-state index in [1.807, 2.05) is 26.0 Å². The topological polar surface area (TPSA) is 104 Å². The Hall–Kier alpha value is -2.36. The minimum absolute atomic E-state index is 0.0503. The molecule has 4 rings (SSSR count). The van der Waals surface area contributed by atoms with Crippen LogP contribution in [0.25, 0.3) is 0 Å². The second kappa shape index (κ2) is 8.17. The number of ether oxygens (including phenoxy) is 1. The van der Waals surface area contributed by atoms with Crippen molar-refractivity contribution in [2.45, 2.75) is 32.4 Å². The fourth-order valence-electron chi connectivity index (χ4n) is 3.67. The molecule has 2 aliphatic heterocycles. The van der Waals surface area contributed by atoms with E-state index in [9.17, 15) is 9.90 Å². The highest BCUT2D eigenvalue weighted by Gasteiger charge is 2.28. The minimum atomic E-state index is -0.866. The molecule has 2 N–H and O–H groups in total. The maximum absolute atomic E-state index is 11.3. The third kappa shape index (κ3) is 4.31. The van der Waals surface area contributed by atoms with Crippen molar-refractivity contribution in [3.05, 3.63) is 34.2 Å². The van der Waals surface area contributed by atoms with Gasteiger partial charge >= 0.3 is 12.1 Å². The summed E-state index contributed by atoms with van der Waals surface area (Å²) in [6, 6.07) is 4.06. The summed E-state index contributed by atoms with van der Waals surface area (Å²) in [7, 11) is 0. The third-order valence-electron chi connectivity index (χ3n) is 5.50. The summed E-state index contributed by atoms with van der Waals surface area (Å²) in [5.41, 5.74) is 2.92. The highest BCUT2D eigenvalue weighted by atomic mass is 35.5. The number of aromatic nitrogens is 2. The summed E-state index contributed by atoms with van der Waals surface area (Å²) in [6.07, 6.45) is -0.866. The molecule has 2 fully saturated rings. The molecule has 0 unspecified atom stereocenters. The number of hydrogen-bond donors (Lipinski definition) is 2. The van der Waals surface area contributed by atoms with Gasteiger partial charge in [-0.1, -0.05) is 16.7 Å². The molecule has 2 aliphatic rings. The van der Waals surface area contributed by atoms with Crippen LogP contribution in [0.3, 0.4) is 0 Å².